The van der Waals surface area contributed by atoms with E-state index in [0.29, 0.717) is 5.92 Å². The second-order valence-electron chi connectivity index (χ2n) is 5.01. The van der Waals surface area contributed by atoms with Crippen molar-refractivity contribution in [1.29, 1.82) is 0 Å². The monoisotopic (exact) mass is 221 g/mol. The van der Waals surface area contributed by atoms with Crippen molar-refractivity contribution in [3.63, 3.8) is 0 Å². The van der Waals surface area contributed by atoms with Gasteiger partial charge in [-0.15, -0.1) is 0 Å². The lowest BCUT2D eigenvalue weighted by Crippen LogP contribution is -2.24. The summed E-state index contributed by atoms with van der Waals surface area (Å²) in [6, 6.07) is 0. The predicted octanol–water partition coefficient (Wildman–Crippen LogP) is 2.32. The number of likely N-dealkylation sites (tertiary alicyclic amines) is 1. The molecule has 1 saturated heterocycles. The molecule has 1 aliphatic heterocycles. The second kappa shape index (κ2) is 4.53. The summed E-state index contributed by atoms with van der Waals surface area (Å²) in [5, 5.41) is 4.05. The van der Waals surface area contributed by atoms with Gasteiger partial charge >= 0.3 is 0 Å². The van der Waals surface area contributed by atoms with Crippen LogP contribution in [0.5, 0.6) is 0 Å². The summed E-state index contributed by atoms with van der Waals surface area (Å²) in [4.78, 5) is 6.92. The van der Waals surface area contributed by atoms with Crippen LogP contribution in [-0.4, -0.2) is 28.1 Å². The Morgan fingerprint density at radius 3 is 2.56 bits per heavy atom. The zero-order chi connectivity index (χ0) is 10.8. The summed E-state index contributed by atoms with van der Waals surface area (Å²) in [5.41, 5.74) is 0. The standard InChI is InChI=1S/C12H19N3O/c1-2-4-8-15(7-3-1)9-11-13-12(14-16-11)10-5-6-10/h10H,1-9H2. The van der Waals surface area contributed by atoms with Gasteiger partial charge in [0, 0.05) is 5.92 Å². The highest BCUT2D eigenvalue weighted by atomic mass is 16.5. The third-order valence-electron chi connectivity index (χ3n) is 3.48. The molecule has 0 radical (unpaired) electrons. The molecule has 0 atom stereocenters. The molecule has 1 aromatic rings. The van der Waals surface area contributed by atoms with Gasteiger partial charge in [0.15, 0.2) is 5.82 Å². The van der Waals surface area contributed by atoms with E-state index in [-0.39, 0.29) is 0 Å². The van der Waals surface area contributed by atoms with Crippen LogP contribution in [0, 0.1) is 0 Å². The fourth-order valence-electron chi connectivity index (χ4n) is 2.33. The quantitative estimate of drug-likeness (QED) is 0.785. The van der Waals surface area contributed by atoms with Crippen LogP contribution in [0.15, 0.2) is 4.52 Å². The Labute approximate surface area is 96.0 Å². The highest BCUT2D eigenvalue weighted by Crippen LogP contribution is 2.38. The van der Waals surface area contributed by atoms with Crippen LogP contribution in [-0.2, 0) is 6.54 Å². The molecule has 0 amide bonds. The van der Waals surface area contributed by atoms with Gasteiger partial charge in [0.25, 0.3) is 0 Å². The number of rotatable bonds is 3. The van der Waals surface area contributed by atoms with E-state index in [9.17, 15) is 0 Å². The molecule has 0 N–H and O–H groups in total. The first-order chi connectivity index (χ1) is 7.92. The Morgan fingerprint density at radius 1 is 1.12 bits per heavy atom. The van der Waals surface area contributed by atoms with Gasteiger partial charge in [0.2, 0.25) is 5.89 Å². The minimum Gasteiger partial charge on any atom is -0.338 e. The first-order valence-corrected chi connectivity index (χ1v) is 6.46. The number of hydrogen-bond acceptors (Lipinski definition) is 4. The molecule has 1 saturated carbocycles. The van der Waals surface area contributed by atoms with Crippen molar-refractivity contribution in [3.05, 3.63) is 11.7 Å². The van der Waals surface area contributed by atoms with Gasteiger partial charge in [0.1, 0.15) is 0 Å². The van der Waals surface area contributed by atoms with E-state index in [2.05, 4.69) is 15.0 Å². The maximum Gasteiger partial charge on any atom is 0.240 e. The SMILES string of the molecule is C1CCCN(Cc2nc(C3CC3)no2)CC1. The van der Waals surface area contributed by atoms with Crippen LogP contribution in [0.25, 0.3) is 0 Å². The molecular weight excluding hydrogens is 202 g/mol. The zero-order valence-electron chi connectivity index (χ0n) is 9.69. The van der Waals surface area contributed by atoms with E-state index in [1.165, 1.54) is 51.6 Å². The zero-order valence-corrected chi connectivity index (χ0v) is 9.69. The number of nitrogens with zero attached hydrogens (tertiary/aromatic N) is 3. The molecule has 16 heavy (non-hydrogen) atoms. The summed E-state index contributed by atoms with van der Waals surface area (Å²) in [6.45, 7) is 3.21. The van der Waals surface area contributed by atoms with E-state index in [1.807, 2.05) is 0 Å². The predicted molar refractivity (Wildman–Crippen MR) is 60.0 cm³/mol. The summed E-state index contributed by atoms with van der Waals surface area (Å²) < 4.78 is 5.31. The molecule has 2 aliphatic rings. The lowest BCUT2D eigenvalue weighted by Gasteiger charge is -2.16. The summed E-state index contributed by atoms with van der Waals surface area (Å²) >= 11 is 0. The largest absolute Gasteiger partial charge is 0.338 e. The average Bonchev–Trinajstić information content (AvgIpc) is 3.07. The average molecular weight is 221 g/mol. The molecule has 4 heteroatoms. The van der Waals surface area contributed by atoms with E-state index < -0.39 is 0 Å². The highest BCUT2D eigenvalue weighted by molar-refractivity contribution is 5.03. The third kappa shape index (κ3) is 2.43. The van der Waals surface area contributed by atoms with E-state index in [0.717, 1.165) is 18.3 Å². The Morgan fingerprint density at radius 2 is 1.88 bits per heavy atom. The van der Waals surface area contributed by atoms with Crippen molar-refractivity contribution in [1.82, 2.24) is 15.0 Å². The summed E-state index contributed by atoms with van der Waals surface area (Å²) in [5.74, 6) is 2.34. The van der Waals surface area contributed by atoms with E-state index in [1.54, 1.807) is 0 Å². The molecule has 0 spiro atoms. The van der Waals surface area contributed by atoms with Crippen LogP contribution >= 0.6 is 0 Å². The third-order valence-corrected chi connectivity index (χ3v) is 3.48. The van der Waals surface area contributed by atoms with Gasteiger partial charge < -0.3 is 4.52 Å². The van der Waals surface area contributed by atoms with Gasteiger partial charge in [-0.05, 0) is 38.8 Å². The molecule has 0 bridgehead atoms. The summed E-state index contributed by atoms with van der Waals surface area (Å²) in [7, 11) is 0. The lowest BCUT2D eigenvalue weighted by molar-refractivity contribution is 0.233. The molecule has 2 fully saturated rings. The van der Waals surface area contributed by atoms with Crippen molar-refractivity contribution in [3.8, 4) is 0 Å². The van der Waals surface area contributed by atoms with Crippen LogP contribution in [0.3, 0.4) is 0 Å². The van der Waals surface area contributed by atoms with Gasteiger partial charge in [-0.2, -0.15) is 4.98 Å². The van der Waals surface area contributed by atoms with Crippen LogP contribution in [0.2, 0.25) is 0 Å². The Bertz CT molecular complexity index is 338. The molecule has 88 valence electrons. The van der Waals surface area contributed by atoms with Crippen molar-refractivity contribution in [2.45, 2.75) is 51.0 Å². The van der Waals surface area contributed by atoms with Gasteiger partial charge in [0.05, 0.1) is 6.54 Å². The van der Waals surface area contributed by atoms with Crippen molar-refractivity contribution in [2.24, 2.45) is 0 Å². The molecule has 3 rings (SSSR count). The highest BCUT2D eigenvalue weighted by Gasteiger charge is 2.29. The van der Waals surface area contributed by atoms with Crippen molar-refractivity contribution >= 4 is 0 Å². The molecular formula is C12H19N3O. The molecule has 0 aromatic carbocycles. The van der Waals surface area contributed by atoms with Gasteiger partial charge in [-0.3, -0.25) is 4.90 Å². The molecule has 1 aliphatic carbocycles. The molecule has 1 aromatic heterocycles. The van der Waals surface area contributed by atoms with Gasteiger partial charge in [-0.25, -0.2) is 0 Å². The minimum atomic E-state index is 0.599. The van der Waals surface area contributed by atoms with E-state index in [4.69, 9.17) is 4.52 Å². The maximum atomic E-state index is 5.31. The number of aromatic nitrogens is 2. The van der Waals surface area contributed by atoms with Crippen molar-refractivity contribution in [2.75, 3.05) is 13.1 Å². The smallest absolute Gasteiger partial charge is 0.240 e. The summed E-state index contributed by atoms with van der Waals surface area (Å²) in [6.07, 6.45) is 7.83. The maximum absolute atomic E-state index is 5.31. The topological polar surface area (TPSA) is 42.2 Å². The molecule has 0 unspecified atom stereocenters. The molecule has 4 nitrogen and oxygen atoms in total. The molecule has 2 heterocycles. The van der Waals surface area contributed by atoms with E-state index >= 15 is 0 Å². The Kier molecular flexibility index (Phi) is 2.91. The van der Waals surface area contributed by atoms with Crippen LogP contribution in [0.1, 0.15) is 56.2 Å². The number of hydrogen-bond donors (Lipinski definition) is 0. The Balaban J connectivity index is 1.58. The first kappa shape index (κ1) is 10.3. The van der Waals surface area contributed by atoms with Crippen molar-refractivity contribution < 1.29 is 4.52 Å². The fraction of sp³-hybridized carbons (Fsp3) is 0.833. The lowest BCUT2D eigenvalue weighted by atomic mass is 10.2. The normalized spacial score (nSPS) is 23.2. The van der Waals surface area contributed by atoms with Gasteiger partial charge in [-0.1, -0.05) is 18.0 Å². The fourth-order valence-corrected chi connectivity index (χ4v) is 2.33. The van der Waals surface area contributed by atoms with Crippen LogP contribution < -0.4 is 0 Å². The van der Waals surface area contributed by atoms with Crippen LogP contribution in [0.4, 0.5) is 0 Å². The second-order valence-corrected chi connectivity index (χ2v) is 5.01. The first-order valence-electron chi connectivity index (χ1n) is 6.46. The minimum absolute atomic E-state index is 0.599. The Hall–Kier alpha value is -0.900.